The molecule has 1 aromatic heterocycles. The van der Waals surface area contributed by atoms with Crippen LogP contribution in [-0.2, 0) is 16.1 Å². The Balaban J connectivity index is 1.89. The van der Waals surface area contributed by atoms with Gasteiger partial charge in [-0.15, -0.1) is 0 Å². The molecule has 0 radical (unpaired) electrons. The number of furan rings is 1. The molecular weight excluding hydrogens is 313 g/mol. The third-order valence-corrected chi connectivity index (χ3v) is 3.76. The molecule has 1 heterocycles. The summed E-state index contributed by atoms with van der Waals surface area (Å²) >= 11 is 0. The Hall–Kier alpha value is -2.63. The Labute approximate surface area is 139 Å². The maximum absolute atomic E-state index is 12.9. The average molecular weight is 333 g/mol. The van der Waals surface area contributed by atoms with Crippen LogP contribution in [0.15, 0.2) is 34.7 Å². The monoisotopic (exact) mass is 333 g/mol. The summed E-state index contributed by atoms with van der Waals surface area (Å²) in [5.41, 5.74) is 1.25. The van der Waals surface area contributed by atoms with Crippen molar-refractivity contribution in [2.75, 3.05) is 7.11 Å². The molecule has 0 spiro atoms. The molecule has 24 heavy (non-hydrogen) atoms. The highest BCUT2D eigenvalue weighted by atomic mass is 19.1. The number of ether oxygens (including phenoxy) is 1. The Morgan fingerprint density at radius 1 is 1.29 bits per heavy atom. The summed E-state index contributed by atoms with van der Waals surface area (Å²) in [6.07, 6.45) is 0.273. The van der Waals surface area contributed by atoms with Crippen LogP contribution in [-0.4, -0.2) is 19.0 Å². The standard InChI is InChI=1S/C18H20FNO4/c1-11(13-4-6-14(19)7-5-13)8-17(21)20-10-15-9-16(12(2)24-15)18(22)23-3/h4-7,9,11H,8,10H2,1-3H3,(H,20,21)/t11-/m0/s1. The van der Waals surface area contributed by atoms with Gasteiger partial charge in [-0.1, -0.05) is 19.1 Å². The Kier molecular flexibility index (Phi) is 5.73. The third kappa shape index (κ3) is 4.44. The van der Waals surface area contributed by atoms with Crippen LogP contribution in [0.3, 0.4) is 0 Å². The number of hydrogen-bond acceptors (Lipinski definition) is 4. The highest BCUT2D eigenvalue weighted by molar-refractivity contribution is 5.90. The molecule has 0 unspecified atom stereocenters. The first-order chi connectivity index (χ1) is 11.4. The molecule has 5 nitrogen and oxygen atoms in total. The van der Waals surface area contributed by atoms with Crippen molar-refractivity contribution in [3.8, 4) is 0 Å². The number of halogens is 1. The van der Waals surface area contributed by atoms with Crippen LogP contribution >= 0.6 is 0 Å². The van der Waals surface area contributed by atoms with Crippen LogP contribution in [0.5, 0.6) is 0 Å². The smallest absolute Gasteiger partial charge is 0.341 e. The van der Waals surface area contributed by atoms with Crippen molar-refractivity contribution in [1.82, 2.24) is 5.32 Å². The van der Waals surface area contributed by atoms with Crippen molar-refractivity contribution in [2.45, 2.75) is 32.7 Å². The van der Waals surface area contributed by atoms with Crippen LogP contribution in [0.4, 0.5) is 4.39 Å². The highest BCUT2D eigenvalue weighted by Crippen LogP contribution is 2.19. The Morgan fingerprint density at radius 2 is 1.96 bits per heavy atom. The lowest BCUT2D eigenvalue weighted by atomic mass is 9.97. The zero-order valence-electron chi connectivity index (χ0n) is 13.9. The van der Waals surface area contributed by atoms with Crippen LogP contribution in [0.2, 0.25) is 0 Å². The summed E-state index contributed by atoms with van der Waals surface area (Å²) in [5, 5.41) is 2.75. The molecule has 1 N–H and O–H groups in total. The maximum atomic E-state index is 12.9. The summed E-state index contributed by atoms with van der Waals surface area (Å²) in [4.78, 5) is 23.5. The first kappa shape index (κ1) is 17.7. The molecule has 0 saturated heterocycles. The lowest BCUT2D eigenvalue weighted by molar-refractivity contribution is -0.121. The van der Waals surface area contributed by atoms with Crippen molar-refractivity contribution in [2.24, 2.45) is 0 Å². The van der Waals surface area contributed by atoms with Gasteiger partial charge in [0.15, 0.2) is 0 Å². The van der Waals surface area contributed by atoms with Crippen LogP contribution < -0.4 is 5.32 Å². The first-order valence-corrected chi connectivity index (χ1v) is 7.60. The minimum atomic E-state index is -0.473. The van der Waals surface area contributed by atoms with E-state index in [1.54, 1.807) is 25.1 Å². The second-order valence-electron chi connectivity index (χ2n) is 5.61. The van der Waals surface area contributed by atoms with Gasteiger partial charge in [-0.25, -0.2) is 9.18 Å². The fraction of sp³-hybridized carbons (Fsp3) is 0.333. The largest absolute Gasteiger partial charge is 0.465 e. The third-order valence-electron chi connectivity index (χ3n) is 3.76. The predicted octanol–water partition coefficient (Wildman–Crippen LogP) is 3.32. The molecule has 0 saturated carbocycles. The highest BCUT2D eigenvalue weighted by Gasteiger charge is 2.16. The molecule has 1 atom stereocenters. The number of carbonyl (C=O) groups is 2. The summed E-state index contributed by atoms with van der Waals surface area (Å²) in [5.74, 6) is -0.0275. The molecule has 1 amide bonds. The number of hydrogen-bond donors (Lipinski definition) is 1. The van der Waals surface area contributed by atoms with Crippen LogP contribution in [0.25, 0.3) is 0 Å². The van der Waals surface area contributed by atoms with E-state index in [4.69, 9.17) is 4.42 Å². The van der Waals surface area contributed by atoms with Crippen molar-refractivity contribution < 1.29 is 23.1 Å². The lowest BCUT2D eigenvalue weighted by Crippen LogP contribution is -2.23. The predicted molar refractivity (Wildman–Crippen MR) is 86.1 cm³/mol. The SMILES string of the molecule is COC(=O)c1cc(CNC(=O)C[C@H](C)c2ccc(F)cc2)oc1C. The number of nitrogens with one attached hydrogen (secondary N) is 1. The molecule has 0 fully saturated rings. The van der Waals surface area contributed by atoms with Gasteiger partial charge < -0.3 is 14.5 Å². The molecule has 1 aromatic carbocycles. The van der Waals surface area contributed by atoms with E-state index >= 15 is 0 Å². The summed E-state index contributed by atoms with van der Waals surface area (Å²) < 4.78 is 23.0. The minimum Gasteiger partial charge on any atom is -0.465 e. The van der Waals surface area contributed by atoms with Gasteiger partial charge >= 0.3 is 5.97 Å². The minimum absolute atomic E-state index is 0.0328. The average Bonchev–Trinajstić information content (AvgIpc) is 2.93. The number of esters is 1. The van der Waals surface area contributed by atoms with E-state index in [0.717, 1.165) is 5.56 Å². The van der Waals surface area contributed by atoms with E-state index in [1.165, 1.54) is 19.2 Å². The van der Waals surface area contributed by atoms with E-state index in [9.17, 15) is 14.0 Å². The summed E-state index contributed by atoms with van der Waals surface area (Å²) in [6.45, 7) is 3.75. The summed E-state index contributed by atoms with van der Waals surface area (Å²) in [6, 6.07) is 7.66. The lowest BCUT2D eigenvalue weighted by Gasteiger charge is -2.11. The molecule has 6 heteroatoms. The second kappa shape index (κ2) is 7.77. The molecule has 0 aliphatic rings. The van der Waals surface area contributed by atoms with E-state index in [1.807, 2.05) is 6.92 Å². The van der Waals surface area contributed by atoms with Gasteiger partial charge in [-0.3, -0.25) is 4.79 Å². The van der Waals surface area contributed by atoms with Crippen molar-refractivity contribution in [3.63, 3.8) is 0 Å². The number of rotatable bonds is 6. The second-order valence-corrected chi connectivity index (χ2v) is 5.61. The van der Waals surface area contributed by atoms with Gasteiger partial charge in [0, 0.05) is 6.42 Å². The zero-order chi connectivity index (χ0) is 17.7. The summed E-state index contributed by atoms with van der Waals surface area (Å²) in [7, 11) is 1.30. The Bertz CT molecular complexity index is 721. The molecule has 0 bridgehead atoms. The van der Waals surface area contributed by atoms with E-state index in [-0.39, 0.29) is 30.6 Å². The molecule has 128 valence electrons. The van der Waals surface area contributed by atoms with Gasteiger partial charge in [0.2, 0.25) is 5.91 Å². The van der Waals surface area contributed by atoms with Crippen molar-refractivity contribution in [3.05, 3.63) is 58.8 Å². The quantitative estimate of drug-likeness (QED) is 0.823. The molecule has 0 aliphatic carbocycles. The number of amides is 1. The van der Waals surface area contributed by atoms with Gasteiger partial charge in [-0.2, -0.15) is 0 Å². The fourth-order valence-electron chi connectivity index (χ4n) is 2.39. The van der Waals surface area contributed by atoms with Gasteiger partial charge in [0.05, 0.1) is 13.7 Å². The number of benzene rings is 1. The topological polar surface area (TPSA) is 68.5 Å². The normalized spacial score (nSPS) is 11.8. The van der Waals surface area contributed by atoms with Crippen LogP contribution in [0.1, 0.15) is 46.7 Å². The van der Waals surface area contributed by atoms with Gasteiger partial charge in [-0.05, 0) is 36.6 Å². The van der Waals surface area contributed by atoms with E-state index in [0.29, 0.717) is 17.1 Å². The van der Waals surface area contributed by atoms with E-state index in [2.05, 4.69) is 10.1 Å². The Morgan fingerprint density at radius 3 is 2.58 bits per heavy atom. The fourth-order valence-corrected chi connectivity index (χ4v) is 2.39. The number of aryl methyl sites for hydroxylation is 1. The maximum Gasteiger partial charge on any atom is 0.341 e. The van der Waals surface area contributed by atoms with Gasteiger partial charge in [0.1, 0.15) is 22.9 Å². The van der Waals surface area contributed by atoms with Gasteiger partial charge in [0.25, 0.3) is 0 Å². The van der Waals surface area contributed by atoms with Crippen LogP contribution in [0, 0.1) is 12.7 Å². The van der Waals surface area contributed by atoms with Crippen molar-refractivity contribution in [1.29, 1.82) is 0 Å². The van der Waals surface area contributed by atoms with E-state index < -0.39 is 5.97 Å². The molecule has 2 aromatic rings. The zero-order valence-corrected chi connectivity index (χ0v) is 13.9. The first-order valence-electron chi connectivity index (χ1n) is 7.60. The molecule has 2 rings (SSSR count). The number of methoxy groups -OCH3 is 1. The molecular formula is C18H20FNO4. The molecule has 0 aliphatic heterocycles. The number of carbonyl (C=O) groups excluding carboxylic acids is 2. The van der Waals surface area contributed by atoms with Crippen molar-refractivity contribution >= 4 is 11.9 Å².